The van der Waals surface area contributed by atoms with Crippen LogP contribution in [0.5, 0.6) is 0 Å². The van der Waals surface area contributed by atoms with Gasteiger partial charge in [0.1, 0.15) is 5.82 Å². The molecule has 0 unspecified atom stereocenters. The maximum Gasteiger partial charge on any atom is 0.251 e. The fourth-order valence-electron chi connectivity index (χ4n) is 3.34. The third-order valence-electron chi connectivity index (χ3n) is 4.56. The molecule has 2 aromatic rings. The highest BCUT2D eigenvalue weighted by atomic mass is 35.5. The first-order valence-electron chi connectivity index (χ1n) is 8.55. The maximum atomic E-state index is 13.5. The molecule has 2 N–H and O–H groups in total. The highest BCUT2D eigenvalue weighted by Gasteiger charge is 2.26. The quantitative estimate of drug-likeness (QED) is 0.837. The van der Waals surface area contributed by atoms with E-state index in [1.807, 2.05) is 24.3 Å². The number of benzene rings is 2. The summed E-state index contributed by atoms with van der Waals surface area (Å²) in [4.78, 5) is 12.3. The van der Waals surface area contributed by atoms with Crippen molar-refractivity contribution in [2.24, 2.45) is 0 Å². The van der Waals surface area contributed by atoms with Gasteiger partial charge in [-0.2, -0.15) is 0 Å². The molecule has 0 saturated heterocycles. The number of nitrogens with one attached hydrogen (secondary N) is 2. The van der Waals surface area contributed by atoms with Crippen LogP contribution in [0.4, 0.5) is 4.39 Å². The van der Waals surface area contributed by atoms with Crippen LogP contribution in [0.15, 0.2) is 42.5 Å². The molecule has 3 rings (SSSR count). The second kappa shape index (κ2) is 7.98. The lowest BCUT2D eigenvalue weighted by Gasteiger charge is -2.15. The summed E-state index contributed by atoms with van der Waals surface area (Å²) >= 11 is 6.00. The zero-order chi connectivity index (χ0) is 17.8. The van der Waals surface area contributed by atoms with Crippen molar-refractivity contribution < 1.29 is 9.18 Å². The second-order valence-corrected chi connectivity index (χ2v) is 7.14. The van der Waals surface area contributed by atoms with Gasteiger partial charge in [0, 0.05) is 29.2 Å². The van der Waals surface area contributed by atoms with Crippen LogP contribution in [0, 0.1) is 12.7 Å². The first kappa shape index (κ1) is 17.9. The molecule has 0 aliphatic heterocycles. The Morgan fingerprint density at radius 1 is 1.20 bits per heavy atom. The molecule has 0 spiro atoms. The van der Waals surface area contributed by atoms with Crippen LogP contribution in [0.3, 0.4) is 0 Å². The minimum Gasteiger partial charge on any atom is -0.349 e. The molecule has 0 bridgehead atoms. The fourth-order valence-corrected chi connectivity index (χ4v) is 3.56. The Labute approximate surface area is 152 Å². The van der Waals surface area contributed by atoms with Crippen molar-refractivity contribution in [2.45, 2.75) is 44.8 Å². The lowest BCUT2D eigenvalue weighted by molar-refractivity contribution is 0.0937. The van der Waals surface area contributed by atoms with Crippen LogP contribution < -0.4 is 10.6 Å². The third-order valence-corrected chi connectivity index (χ3v) is 4.79. The minimum absolute atomic E-state index is 0.118. The van der Waals surface area contributed by atoms with Crippen LogP contribution in [0.2, 0.25) is 5.02 Å². The van der Waals surface area contributed by atoms with E-state index in [-0.39, 0.29) is 17.8 Å². The molecule has 2 atom stereocenters. The van der Waals surface area contributed by atoms with Crippen molar-refractivity contribution in [3.8, 4) is 0 Å². The molecular formula is C20H22ClFN2O. The maximum absolute atomic E-state index is 13.5. The highest BCUT2D eigenvalue weighted by Crippen LogP contribution is 2.21. The fraction of sp³-hybridized carbons (Fsp3) is 0.350. The first-order chi connectivity index (χ1) is 12.0. The molecule has 1 amide bonds. The monoisotopic (exact) mass is 360 g/mol. The van der Waals surface area contributed by atoms with E-state index in [0.29, 0.717) is 11.6 Å². The molecule has 3 nitrogen and oxygen atoms in total. The largest absolute Gasteiger partial charge is 0.349 e. The van der Waals surface area contributed by atoms with E-state index < -0.39 is 0 Å². The zero-order valence-electron chi connectivity index (χ0n) is 14.2. The number of amides is 1. The van der Waals surface area contributed by atoms with E-state index in [2.05, 4.69) is 10.6 Å². The Kier molecular flexibility index (Phi) is 5.71. The van der Waals surface area contributed by atoms with Crippen LogP contribution >= 0.6 is 11.6 Å². The summed E-state index contributed by atoms with van der Waals surface area (Å²) in [7, 11) is 0. The van der Waals surface area contributed by atoms with Gasteiger partial charge in [0.25, 0.3) is 5.91 Å². The Bertz CT molecular complexity index is 745. The number of halogens is 2. The van der Waals surface area contributed by atoms with E-state index >= 15 is 0 Å². The minimum atomic E-state index is -0.377. The van der Waals surface area contributed by atoms with Crippen molar-refractivity contribution in [1.29, 1.82) is 0 Å². The van der Waals surface area contributed by atoms with Crippen molar-refractivity contribution in [2.75, 3.05) is 0 Å². The topological polar surface area (TPSA) is 41.1 Å². The van der Waals surface area contributed by atoms with E-state index in [0.717, 1.165) is 42.0 Å². The van der Waals surface area contributed by atoms with Gasteiger partial charge in [0.05, 0.1) is 0 Å². The van der Waals surface area contributed by atoms with Gasteiger partial charge in [-0.25, -0.2) is 4.39 Å². The summed E-state index contributed by atoms with van der Waals surface area (Å²) in [5.74, 6) is -0.583. The van der Waals surface area contributed by atoms with Crippen LogP contribution in [0.1, 0.15) is 40.7 Å². The number of hydrogen-bond donors (Lipinski definition) is 2. The van der Waals surface area contributed by atoms with Crippen molar-refractivity contribution in [1.82, 2.24) is 10.6 Å². The smallest absolute Gasteiger partial charge is 0.251 e. The van der Waals surface area contributed by atoms with Crippen molar-refractivity contribution in [3.63, 3.8) is 0 Å². The average Bonchev–Trinajstić information content (AvgIpc) is 2.99. The summed E-state index contributed by atoms with van der Waals surface area (Å²) in [6.07, 6.45) is 2.81. The van der Waals surface area contributed by atoms with E-state index in [1.54, 1.807) is 13.0 Å². The Balaban J connectivity index is 1.50. The Hall–Kier alpha value is -1.91. The number of carbonyl (C=O) groups excluding carboxylic acids is 1. The third kappa shape index (κ3) is 5.03. The van der Waals surface area contributed by atoms with Gasteiger partial charge in [0.15, 0.2) is 0 Å². The lowest BCUT2D eigenvalue weighted by Crippen LogP contribution is -2.35. The van der Waals surface area contributed by atoms with Crippen LogP contribution in [0.25, 0.3) is 0 Å². The summed E-state index contributed by atoms with van der Waals surface area (Å²) in [5.41, 5.74) is 2.28. The molecule has 1 saturated carbocycles. The van der Waals surface area contributed by atoms with Gasteiger partial charge in [-0.1, -0.05) is 23.7 Å². The molecule has 0 radical (unpaired) electrons. The highest BCUT2D eigenvalue weighted by molar-refractivity contribution is 6.30. The van der Waals surface area contributed by atoms with Gasteiger partial charge in [-0.05, 0) is 67.6 Å². The van der Waals surface area contributed by atoms with Crippen molar-refractivity contribution in [3.05, 3.63) is 70.0 Å². The van der Waals surface area contributed by atoms with E-state index in [1.165, 1.54) is 12.1 Å². The van der Waals surface area contributed by atoms with Gasteiger partial charge in [0.2, 0.25) is 0 Å². The van der Waals surface area contributed by atoms with Crippen LogP contribution in [-0.4, -0.2) is 18.0 Å². The number of carbonyl (C=O) groups is 1. The number of aryl methyl sites for hydroxylation is 1. The van der Waals surface area contributed by atoms with E-state index in [4.69, 9.17) is 11.6 Å². The number of hydrogen-bond acceptors (Lipinski definition) is 2. The number of rotatable bonds is 5. The SMILES string of the molecule is Cc1cc(F)cc(C(=O)N[C@@H]2CC[C@H](NCc3cccc(Cl)c3)C2)c1. The van der Waals surface area contributed by atoms with Gasteiger partial charge in [-0.3, -0.25) is 4.79 Å². The summed E-state index contributed by atoms with van der Waals surface area (Å²) < 4.78 is 13.5. The summed E-state index contributed by atoms with van der Waals surface area (Å²) in [6, 6.07) is 12.7. The predicted molar refractivity (Wildman–Crippen MR) is 98.3 cm³/mol. The van der Waals surface area contributed by atoms with Gasteiger partial charge in [-0.15, -0.1) is 0 Å². The second-order valence-electron chi connectivity index (χ2n) is 6.71. The van der Waals surface area contributed by atoms with E-state index in [9.17, 15) is 9.18 Å². The molecule has 132 valence electrons. The molecule has 1 aliphatic carbocycles. The molecule has 0 aromatic heterocycles. The normalized spacial score (nSPS) is 19.8. The molecule has 0 heterocycles. The molecule has 1 fully saturated rings. The standard InChI is InChI=1S/C20H22ClFN2O/c1-13-7-15(10-17(22)8-13)20(25)24-19-6-5-18(11-19)23-12-14-3-2-4-16(21)9-14/h2-4,7-10,18-19,23H,5-6,11-12H2,1H3,(H,24,25)/t18-,19+/m0/s1. The molecule has 5 heteroatoms. The Morgan fingerprint density at radius 2 is 2.00 bits per heavy atom. The van der Waals surface area contributed by atoms with Gasteiger partial charge >= 0.3 is 0 Å². The summed E-state index contributed by atoms with van der Waals surface area (Å²) in [5, 5.41) is 7.27. The van der Waals surface area contributed by atoms with Gasteiger partial charge < -0.3 is 10.6 Å². The molecule has 25 heavy (non-hydrogen) atoms. The first-order valence-corrected chi connectivity index (χ1v) is 8.93. The average molecular weight is 361 g/mol. The lowest BCUT2D eigenvalue weighted by atomic mass is 10.1. The summed E-state index contributed by atoms with van der Waals surface area (Å²) in [6.45, 7) is 2.54. The zero-order valence-corrected chi connectivity index (χ0v) is 14.9. The molecule has 1 aliphatic rings. The predicted octanol–water partition coefficient (Wildman–Crippen LogP) is 4.23. The Morgan fingerprint density at radius 3 is 2.76 bits per heavy atom. The molecule has 2 aromatic carbocycles. The van der Waals surface area contributed by atoms with Crippen LogP contribution in [-0.2, 0) is 6.54 Å². The molecular weight excluding hydrogens is 339 g/mol. The van der Waals surface area contributed by atoms with Crippen molar-refractivity contribution >= 4 is 17.5 Å².